The molecule has 5 nitrogen and oxygen atoms in total. The van der Waals surface area contributed by atoms with E-state index in [0.717, 1.165) is 11.1 Å². The van der Waals surface area contributed by atoms with Gasteiger partial charge in [-0.05, 0) is 36.8 Å². The number of ether oxygens (including phenoxy) is 1. The second-order valence-corrected chi connectivity index (χ2v) is 6.24. The Balaban J connectivity index is 2.11. The van der Waals surface area contributed by atoms with Crippen LogP contribution in [0.1, 0.15) is 25.0 Å². The molecule has 0 bridgehead atoms. The fraction of sp³-hybridized carbons (Fsp3) is 0.238. The maximum Gasteiger partial charge on any atom is 0.248 e. The molecule has 136 valence electrons. The molecule has 2 aromatic carbocycles. The summed E-state index contributed by atoms with van der Waals surface area (Å²) in [5, 5.41) is 5.67. The number of nitrogens with one attached hydrogen (secondary N) is 2. The van der Waals surface area contributed by atoms with Gasteiger partial charge < -0.3 is 15.4 Å². The molecule has 0 atom stereocenters. The largest absolute Gasteiger partial charge is 0.496 e. The summed E-state index contributed by atoms with van der Waals surface area (Å²) in [6.07, 6.45) is 3.16. The molecule has 2 rings (SSSR count). The minimum atomic E-state index is -0.258. The molecule has 2 amide bonds. The highest BCUT2D eigenvalue weighted by Gasteiger charge is 2.09. The van der Waals surface area contributed by atoms with Gasteiger partial charge in [-0.15, -0.1) is 0 Å². The number of rotatable bonds is 6. The number of para-hydroxylation sites is 1. The Morgan fingerprint density at radius 3 is 2.50 bits per heavy atom. The molecule has 0 aromatic heterocycles. The zero-order chi connectivity index (χ0) is 19.1. The van der Waals surface area contributed by atoms with E-state index in [0.29, 0.717) is 17.1 Å². The van der Waals surface area contributed by atoms with Crippen molar-refractivity contribution in [3.8, 4) is 5.75 Å². The summed E-state index contributed by atoms with van der Waals surface area (Å²) in [4.78, 5) is 24.1. The Labute approximate surface area is 154 Å². The smallest absolute Gasteiger partial charge is 0.248 e. The highest BCUT2D eigenvalue weighted by Crippen LogP contribution is 2.22. The molecule has 0 radical (unpaired) electrons. The van der Waals surface area contributed by atoms with Crippen LogP contribution in [-0.2, 0) is 9.59 Å². The average molecular weight is 352 g/mol. The van der Waals surface area contributed by atoms with E-state index in [1.807, 2.05) is 57.2 Å². The number of carbonyl (C=O) groups is 2. The van der Waals surface area contributed by atoms with Crippen molar-refractivity contribution in [3.05, 3.63) is 59.7 Å². The number of carbonyl (C=O) groups excluding carboxylic acids is 2. The Bertz CT molecular complexity index is 826. The van der Waals surface area contributed by atoms with Crippen LogP contribution in [-0.4, -0.2) is 18.9 Å². The summed E-state index contributed by atoms with van der Waals surface area (Å²) in [7, 11) is 1.59. The van der Waals surface area contributed by atoms with Gasteiger partial charge in [0, 0.05) is 28.9 Å². The fourth-order valence-electron chi connectivity index (χ4n) is 2.27. The van der Waals surface area contributed by atoms with E-state index < -0.39 is 0 Å². The highest BCUT2D eigenvalue weighted by molar-refractivity contribution is 6.03. The van der Waals surface area contributed by atoms with Gasteiger partial charge in [-0.3, -0.25) is 9.59 Å². The van der Waals surface area contributed by atoms with E-state index in [4.69, 9.17) is 4.74 Å². The lowest BCUT2D eigenvalue weighted by molar-refractivity contribution is -0.119. The molecular formula is C21H24N2O3. The quantitative estimate of drug-likeness (QED) is 0.764. The molecule has 0 aliphatic carbocycles. The van der Waals surface area contributed by atoms with E-state index in [1.54, 1.807) is 19.3 Å². The van der Waals surface area contributed by atoms with Gasteiger partial charge in [0.25, 0.3) is 0 Å². The first-order valence-corrected chi connectivity index (χ1v) is 8.44. The highest BCUT2D eigenvalue weighted by atomic mass is 16.5. The van der Waals surface area contributed by atoms with Crippen molar-refractivity contribution in [1.82, 2.24) is 0 Å². The summed E-state index contributed by atoms with van der Waals surface area (Å²) in [5.74, 6) is 0.262. The molecular weight excluding hydrogens is 328 g/mol. The molecule has 5 heteroatoms. The lowest BCUT2D eigenvalue weighted by Crippen LogP contribution is -2.18. The lowest BCUT2D eigenvalue weighted by atomic mass is 10.1. The summed E-state index contributed by atoms with van der Waals surface area (Å²) >= 11 is 0. The Kier molecular flexibility index (Phi) is 6.55. The predicted octanol–water partition coefficient (Wildman–Crippen LogP) is 4.25. The minimum absolute atomic E-state index is 0.0674. The van der Waals surface area contributed by atoms with Crippen molar-refractivity contribution in [2.45, 2.75) is 20.8 Å². The van der Waals surface area contributed by atoms with E-state index in [1.165, 1.54) is 6.08 Å². The van der Waals surface area contributed by atoms with Gasteiger partial charge in [0.2, 0.25) is 11.8 Å². The van der Waals surface area contributed by atoms with Gasteiger partial charge in [-0.2, -0.15) is 0 Å². The standard InChI is InChI=1S/C21H24N2O3/c1-14(2)21(25)22-17-11-9-15(3)18(13-17)23-20(24)12-10-16-7-5-6-8-19(16)26-4/h5-14H,1-4H3,(H,22,25)(H,23,24)/b12-10+. The lowest BCUT2D eigenvalue weighted by Gasteiger charge is -2.12. The number of hydrogen-bond donors (Lipinski definition) is 2. The predicted molar refractivity (Wildman–Crippen MR) is 105 cm³/mol. The van der Waals surface area contributed by atoms with Crippen LogP contribution in [0.2, 0.25) is 0 Å². The third-order valence-electron chi connectivity index (χ3n) is 3.84. The molecule has 0 saturated heterocycles. The number of methoxy groups -OCH3 is 1. The zero-order valence-corrected chi connectivity index (χ0v) is 15.5. The first-order chi connectivity index (χ1) is 12.4. The normalized spacial score (nSPS) is 10.8. The Morgan fingerprint density at radius 2 is 1.81 bits per heavy atom. The molecule has 0 saturated carbocycles. The average Bonchev–Trinajstić information content (AvgIpc) is 2.62. The number of hydrogen-bond acceptors (Lipinski definition) is 3. The number of benzene rings is 2. The van der Waals surface area contributed by atoms with Crippen LogP contribution in [0.4, 0.5) is 11.4 Å². The van der Waals surface area contributed by atoms with Crippen molar-refractivity contribution in [3.63, 3.8) is 0 Å². The monoisotopic (exact) mass is 352 g/mol. The van der Waals surface area contributed by atoms with E-state index in [9.17, 15) is 9.59 Å². The van der Waals surface area contributed by atoms with Crippen molar-refractivity contribution in [2.24, 2.45) is 5.92 Å². The van der Waals surface area contributed by atoms with Gasteiger partial charge >= 0.3 is 0 Å². The third kappa shape index (κ3) is 5.21. The first-order valence-electron chi connectivity index (χ1n) is 8.44. The third-order valence-corrected chi connectivity index (χ3v) is 3.84. The number of amides is 2. The molecule has 0 unspecified atom stereocenters. The Hall–Kier alpha value is -3.08. The van der Waals surface area contributed by atoms with Crippen LogP contribution >= 0.6 is 0 Å². The van der Waals surface area contributed by atoms with E-state index in [2.05, 4.69) is 10.6 Å². The van der Waals surface area contributed by atoms with Crippen LogP contribution in [0.3, 0.4) is 0 Å². The van der Waals surface area contributed by atoms with Crippen LogP contribution < -0.4 is 15.4 Å². The second kappa shape index (κ2) is 8.85. The molecule has 2 N–H and O–H groups in total. The number of aryl methyl sites for hydroxylation is 1. The molecule has 0 aliphatic rings. The summed E-state index contributed by atoms with van der Waals surface area (Å²) in [6, 6.07) is 12.9. The molecule has 0 fully saturated rings. The van der Waals surface area contributed by atoms with Gasteiger partial charge in [-0.25, -0.2) is 0 Å². The zero-order valence-electron chi connectivity index (χ0n) is 15.5. The van der Waals surface area contributed by atoms with Crippen LogP contribution in [0.5, 0.6) is 5.75 Å². The van der Waals surface area contributed by atoms with Crippen molar-refractivity contribution < 1.29 is 14.3 Å². The van der Waals surface area contributed by atoms with Crippen molar-refractivity contribution in [2.75, 3.05) is 17.7 Å². The van der Waals surface area contributed by atoms with Crippen LogP contribution in [0, 0.1) is 12.8 Å². The molecule has 0 aliphatic heterocycles. The van der Waals surface area contributed by atoms with E-state index in [-0.39, 0.29) is 17.7 Å². The Morgan fingerprint density at radius 1 is 1.08 bits per heavy atom. The maximum absolute atomic E-state index is 12.3. The summed E-state index contributed by atoms with van der Waals surface area (Å²) in [6.45, 7) is 5.55. The van der Waals surface area contributed by atoms with E-state index >= 15 is 0 Å². The summed E-state index contributed by atoms with van der Waals surface area (Å²) < 4.78 is 5.26. The fourth-order valence-corrected chi connectivity index (χ4v) is 2.27. The van der Waals surface area contributed by atoms with Gasteiger partial charge in [0.05, 0.1) is 7.11 Å². The van der Waals surface area contributed by atoms with Crippen LogP contribution in [0.25, 0.3) is 6.08 Å². The molecule has 0 spiro atoms. The van der Waals surface area contributed by atoms with Crippen molar-refractivity contribution in [1.29, 1.82) is 0 Å². The molecule has 0 heterocycles. The first kappa shape index (κ1) is 19.2. The maximum atomic E-state index is 12.3. The SMILES string of the molecule is COc1ccccc1/C=C/C(=O)Nc1cc(NC(=O)C(C)C)ccc1C. The minimum Gasteiger partial charge on any atom is -0.496 e. The van der Waals surface area contributed by atoms with Gasteiger partial charge in [-0.1, -0.05) is 38.1 Å². The molecule has 2 aromatic rings. The number of anilines is 2. The second-order valence-electron chi connectivity index (χ2n) is 6.24. The van der Waals surface area contributed by atoms with Gasteiger partial charge in [0.15, 0.2) is 0 Å². The topological polar surface area (TPSA) is 67.4 Å². The molecule has 26 heavy (non-hydrogen) atoms. The summed E-state index contributed by atoms with van der Waals surface area (Å²) in [5.41, 5.74) is 3.03. The van der Waals surface area contributed by atoms with Crippen molar-refractivity contribution >= 4 is 29.3 Å². The van der Waals surface area contributed by atoms with Gasteiger partial charge in [0.1, 0.15) is 5.75 Å². The van der Waals surface area contributed by atoms with Crippen LogP contribution in [0.15, 0.2) is 48.5 Å².